The Balaban J connectivity index is 2.01. The molecule has 0 aromatic heterocycles. The third-order valence-corrected chi connectivity index (χ3v) is 3.80. The van der Waals surface area contributed by atoms with Crippen LogP contribution in [0.25, 0.3) is 0 Å². The summed E-state index contributed by atoms with van der Waals surface area (Å²) >= 11 is 0. The second-order valence-corrected chi connectivity index (χ2v) is 5.39. The van der Waals surface area contributed by atoms with Crippen molar-refractivity contribution >= 4 is 11.7 Å². The Morgan fingerprint density at radius 2 is 1.52 bits per heavy atom. The van der Waals surface area contributed by atoms with Gasteiger partial charge in [0.2, 0.25) is 5.75 Å². The molecule has 0 atom stereocenters. The molecule has 0 fully saturated rings. The van der Waals surface area contributed by atoms with Crippen molar-refractivity contribution in [3.8, 4) is 17.2 Å². The van der Waals surface area contributed by atoms with Crippen molar-refractivity contribution in [2.24, 2.45) is 0 Å². The molecule has 25 heavy (non-hydrogen) atoms. The second kappa shape index (κ2) is 8.82. The molecule has 0 aliphatic heterocycles. The van der Waals surface area contributed by atoms with E-state index in [1.54, 1.807) is 33.5 Å². The lowest BCUT2D eigenvalue weighted by Gasteiger charge is -2.14. The first-order valence-electron chi connectivity index (χ1n) is 8.04. The van der Waals surface area contributed by atoms with Crippen LogP contribution < -0.4 is 24.8 Å². The molecule has 0 saturated heterocycles. The van der Waals surface area contributed by atoms with Crippen molar-refractivity contribution in [3.05, 3.63) is 47.5 Å². The summed E-state index contributed by atoms with van der Waals surface area (Å²) in [7, 11) is 4.66. The Morgan fingerprint density at radius 3 is 2.00 bits per heavy atom. The largest absolute Gasteiger partial charge is 0.493 e. The summed E-state index contributed by atoms with van der Waals surface area (Å²) in [6.45, 7) is 2.42. The van der Waals surface area contributed by atoms with Crippen molar-refractivity contribution in [2.75, 3.05) is 26.6 Å². The highest BCUT2D eigenvalue weighted by molar-refractivity contribution is 5.89. The summed E-state index contributed by atoms with van der Waals surface area (Å²) in [5.41, 5.74) is 2.81. The first kappa shape index (κ1) is 18.4. The predicted octanol–water partition coefficient (Wildman–Crippen LogP) is 3.60. The molecule has 0 radical (unpaired) electrons. The van der Waals surface area contributed by atoms with Gasteiger partial charge in [0.05, 0.1) is 21.3 Å². The number of rotatable bonds is 7. The normalized spacial score (nSPS) is 10.1. The summed E-state index contributed by atoms with van der Waals surface area (Å²) in [6.07, 6.45) is 0.966. The minimum Gasteiger partial charge on any atom is -0.493 e. The van der Waals surface area contributed by atoms with Crippen molar-refractivity contribution < 1.29 is 19.0 Å². The van der Waals surface area contributed by atoms with Gasteiger partial charge in [-0.05, 0) is 41.8 Å². The zero-order valence-electron chi connectivity index (χ0n) is 15.0. The molecule has 2 N–H and O–H groups in total. The fourth-order valence-corrected chi connectivity index (χ4v) is 2.42. The zero-order valence-corrected chi connectivity index (χ0v) is 15.0. The summed E-state index contributed by atoms with van der Waals surface area (Å²) in [6, 6.07) is 11.1. The molecule has 2 aromatic carbocycles. The van der Waals surface area contributed by atoms with E-state index in [1.807, 2.05) is 24.3 Å². The maximum Gasteiger partial charge on any atom is 0.319 e. The Labute approximate surface area is 148 Å². The van der Waals surface area contributed by atoms with Gasteiger partial charge in [0, 0.05) is 12.2 Å². The number of methoxy groups -OCH3 is 3. The highest BCUT2D eigenvalue weighted by atomic mass is 16.5. The smallest absolute Gasteiger partial charge is 0.319 e. The predicted molar refractivity (Wildman–Crippen MR) is 97.8 cm³/mol. The number of urea groups is 1. The van der Waals surface area contributed by atoms with Gasteiger partial charge >= 0.3 is 6.03 Å². The minimum atomic E-state index is -0.280. The summed E-state index contributed by atoms with van der Waals surface area (Å²) < 4.78 is 15.9. The van der Waals surface area contributed by atoms with Crippen LogP contribution in [0.2, 0.25) is 0 Å². The molecule has 0 heterocycles. The molecule has 0 aliphatic carbocycles. The van der Waals surface area contributed by atoms with Gasteiger partial charge in [-0.3, -0.25) is 0 Å². The van der Waals surface area contributed by atoms with Gasteiger partial charge in [0.15, 0.2) is 11.5 Å². The molecule has 0 unspecified atom stereocenters. The fraction of sp³-hybridized carbons (Fsp3) is 0.316. The molecule has 0 spiro atoms. The van der Waals surface area contributed by atoms with E-state index in [4.69, 9.17) is 14.2 Å². The van der Waals surface area contributed by atoms with Gasteiger partial charge in [0.25, 0.3) is 0 Å². The molecule has 134 valence electrons. The van der Waals surface area contributed by atoms with E-state index in [9.17, 15) is 4.79 Å². The van der Waals surface area contributed by atoms with Crippen LogP contribution in [0.15, 0.2) is 36.4 Å². The molecular formula is C19H24N2O4. The van der Waals surface area contributed by atoms with Crippen molar-refractivity contribution in [1.82, 2.24) is 5.32 Å². The van der Waals surface area contributed by atoms with Crippen LogP contribution in [0.3, 0.4) is 0 Å². The number of carbonyl (C=O) groups is 1. The number of nitrogens with one attached hydrogen (secondary N) is 2. The van der Waals surface area contributed by atoms with E-state index in [0.29, 0.717) is 23.8 Å². The number of carbonyl (C=O) groups excluding carboxylic acids is 1. The minimum absolute atomic E-state index is 0.280. The summed E-state index contributed by atoms with van der Waals surface area (Å²) in [4.78, 5) is 12.1. The lowest BCUT2D eigenvalue weighted by molar-refractivity contribution is 0.251. The van der Waals surface area contributed by atoms with Gasteiger partial charge < -0.3 is 24.8 Å². The molecule has 0 bridgehead atoms. The maximum absolute atomic E-state index is 12.1. The van der Waals surface area contributed by atoms with Gasteiger partial charge in [-0.2, -0.15) is 0 Å². The molecule has 6 heteroatoms. The number of ether oxygens (including phenoxy) is 3. The van der Waals surface area contributed by atoms with Gasteiger partial charge in [-0.15, -0.1) is 0 Å². The van der Waals surface area contributed by atoms with Crippen LogP contribution in [0, 0.1) is 0 Å². The molecule has 2 amide bonds. The molecular weight excluding hydrogens is 320 g/mol. The van der Waals surface area contributed by atoms with E-state index >= 15 is 0 Å². The third-order valence-electron chi connectivity index (χ3n) is 3.80. The monoisotopic (exact) mass is 344 g/mol. The lowest BCUT2D eigenvalue weighted by Crippen LogP contribution is -2.28. The Bertz CT molecular complexity index is 689. The number of anilines is 1. The number of hydrogen-bond donors (Lipinski definition) is 2. The van der Waals surface area contributed by atoms with Gasteiger partial charge in [-0.25, -0.2) is 4.79 Å². The van der Waals surface area contributed by atoms with E-state index in [2.05, 4.69) is 17.6 Å². The van der Waals surface area contributed by atoms with Crippen LogP contribution in [-0.4, -0.2) is 27.4 Å². The van der Waals surface area contributed by atoms with Crippen LogP contribution in [0.5, 0.6) is 17.2 Å². The second-order valence-electron chi connectivity index (χ2n) is 5.39. The fourth-order valence-electron chi connectivity index (χ4n) is 2.42. The molecule has 6 nitrogen and oxygen atoms in total. The number of amides is 2. The highest BCUT2D eigenvalue weighted by Crippen LogP contribution is 2.38. The third kappa shape index (κ3) is 4.79. The molecule has 0 saturated carbocycles. The zero-order chi connectivity index (χ0) is 18.2. The van der Waals surface area contributed by atoms with Crippen LogP contribution in [0.4, 0.5) is 10.5 Å². The summed E-state index contributed by atoms with van der Waals surface area (Å²) in [5, 5.41) is 5.62. The highest BCUT2D eigenvalue weighted by Gasteiger charge is 2.13. The first-order chi connectivity index (χ1) is 12.1. The number of hydrogen-bond acceptors (Lipinski definition) is 4. The van der Waals surface area contributed by atoms with Crippen molar-refractivity contribution in [2.45, 2.75) is 19.9 Å². The van der Waals surface area contributed by atoms with Gasteiger partial charge in [0.1, 0.15) is 0 Å². The number of aryl methyl sites for hydroxylation is 1. The summed E-state index contributed by atoms with van der Waals surface area (Å²) in [5.74, 6) is 1.62. The maximum atomic E-state index is 12.1. The van der Waals surface area contributed by atoms with Crippen molar-refractivity contribution in [3.63, 3.8) is 0 Å². The molecule has 2 aromatic rings. The Hall–Kier alpha value is -2.89. The van der Waals surface area contributed by atoms with E-state index < -0.39 is 0 Å². The van der Waals surface area contributed by atoms with Crippen LogP contribution >= 0.6 is 0 Å². The standard InChI is InChI=1S/C19H24N2O4/c1-5-13-6-8-15(9-7-13)21-19(22)20-12-14-10-16(23-2)18(25-4)17(11-14)24-3/h6-11H,5,12H2,1-4H3,(H2,20,21,22). The molecule has 2 rings (SSSR count). The SMILES string of the molecule is CCc1ccc(NC(=O)NCc2cc(OC)c(OC)c(OC)c2)cc1. The first-order valence-corrected chi connectivity index (χ1v) is 8.04. The lowest BCUT2D eigenvalue weighted by atomic mass is 10.1. The molecule has 0 aliphatic rings. The average Bonchev–Trinajstić information content (AvgIpc) is 2.65. The van der Waals surface area contributed by atoms with Crippen LogP contribution in [0.1, 0.15) is 18.1 Å². The average molecular weight is 344 g/mol. The van der Waals surface area contributed by atoms with Crippen molar-refractivity contribution in [1.29, 1.82) is 0 Å². The van der Waals surface area contributed by atoms with E-state index in [0.717, 1.165) is 17.7 Å². The van der Waals surface area contributed by atoms with Crippen LogP contribution in [-0.2, 0) is 13.0 Å². The number of benzene rings is 2. The Kier molecular flexibility index (Phi) is 6.51. The topological polar surface area (TPSA) is 68.8 Å². The van der Waals surface area contributed by atoms with E-state index in [-0.39, 0.29) is 6.03 Å². The van der Waals surface area contributed by atoms with Gasteiger partial charge in [-0.1, -0.05) is 19.1 Å². The Morgan fingerprint density at radius 1 is 0.920 bits per heavy atom. The van der Waals surface area contributed by atoms with E-state index in [1.165, 1.54) is 5.56 Å². The quantitative estimate of drug-likeness (QED) is 0.805.